The maximum Gasteiger partial charge on any atom is 0.236 e. The third kappa shape index (κ3) is 4.70. The van der Waals surface area contributed by atoms with Gasteiger partial charge >= 0.3 is 0 Å². The van der Waals surface area contributed by atoms with Gasteiger partial charge < -0.3 is 14.6 Å². The smallest absolute Gasteiger partial charge is 0.236 e. The Hall–Kier alpha value is -2.57. The number of rotatable bonds is 6. The van der Waals surface area contributed by atoms with E-state index in [1.54, 1.807) is 31.2 Å². The number of nitrogens with zero attached hydrogens (tertiary/aromatic N) is 2. The Balaban J connectivity index is 1.34. The first kappa shape index (κ1) is 21.7. The molecule has 1 fully saturated rings. The number of likely N-dealkylation sites (tertiary alicyclic amines) is 1. The first-order valence-electron chi connectivity index (χ1n) is 10.5. The van der Waals surface area contributed by atoms with Crippen LogP contribution in [0.1, 0.15) is 29.9 Å². The fraction of sp³-hybridized carbons (Fsp3) is 0.375. The lowest BCUT2D eigenvalue weighted by atomic mass is 9.89. The second-order valence-electron chi connectivity index (χ2n) is 8.16. The Morgan fingerprint density at radius 1 is 1.29 bits per heavy atom. The molecule has 2 heterocycles. The van der Waals surface area contributed by atoms with Gasteiger partial charge in [-0.05, 0) is 67.7 Å². The monoisotopic (exact) mass is 443 g/mol. The number of aromatic nitrogens is 1. The van der Waals surface area contributed by atoms with Gasteiger partial charge in [-0.2, -0.15) is 0 Å². The molecular formula is C24H27ClFN3O2. The van der Waals surface area contributed by atoms with Crippen LogP contribution in [0.4, 0.5) is 4.39 Å². The van der Waals surface area contributed by atoms with Crippen LogP contribution in [0, 0.1) is 5.82 Å². The minimum atomic E-state index is -0.386. The molecule has 1 aromatic heterocycles. The molecule has 0 radical (unpaired) electrons. The van der Waals surface area contributed by atoms with Crippen molar-refractivity contribution in [3.63, 3.8) is 0 Å². The Labute approximate surface area is 186 Å². The molecule has 0 bridgehead atoms. The fourth-order valence-corrected chi connectivity index (χ4v) is 4.53. The van der Waals surface area contributed by atoms with E-state index in [0.29, 0.717) is 23.0 Å². The SMILES string of the molecule is COc1ccc2[nH]cc(C3CCN(CC(=O)N(C)Cc4c(F)cccc4Cl)CC3)c2c1. The van der Waals surface area contributed by atoms with Gasteiger partial charge in [0.15, 0.2) is 0 Å². The topological polar surface area (TPSA) is 48.6 Å². The number of aromatic amines is 1. The molecule has 1 aliphatic heterocycles. The van der Waals surface area contributed by atoms with Crippen LogP contribution in [0.3, 0.4) is 0 Å². The maximum absolute atomic E-state index is 14.0. The van der Waals surface area contributed by atoms with E-state index in [2.05, 4.69) is 22.1 Å². The van der Waals surface area contributed by atoms with Crippen LogP contribution in [0.15, 0.2) is 42.6 Å². The Morgan fingerprint density at radius 2 is 2.06 bits per heavy atom. The zero-order chi connectivity index (χ0) is 22.0. The van der Waals surface area contributed by atoms with Gasteiger partial charge in [0.2, 0.25) is 5.91 Å². The molecule has 31 heavy (non-hydrogen) atoms. The van der Waals surface area contributed by atoms with E-state index in [9.17, 15) is 9.18 Å². The summed E-state index contributed by atoms with van der Waals surface area (Å²) in [4.78, 5) is 19.8. The van der Waals surface area contributed by atoms with Crippen molar-refractivity contribution in [1.29, 1.82) is 0 Å². The standard InChI is InChI=1S/C24H27ClFN3O2/c1-28(14-20-21(25)4-3-5-22(20)26)24(30)15-29-10-8-16(9-11-29)19-13-27-23-7-6-17(31-2)12-18(19)23/h3-7,12-13,16,27H,8-11,14-15H2,1-2H3. The van der Waals surface area contributed by atoms with Crippen molar-refractivity contribution in [1.82, 2.24) is 14.8 Å². The van der Waals surface area contributed by atoms with Crippen LogP contribution in [-0.2, 0) is 11.3 Å². The molecule has 0 aliphatic carbocycles. The summed E-state index contributed by atoms with van der Waals surface area (Å²) in [7, 11) is 3.37. The highest BCUT2D eigenvalue weighted by Crippen LogP contribution is 2.34. The number of nitrogens with one attached hydrogen (secondary N) is 1. The molecule has 3 aromatic rings. The van der Waals surface area contributed by atoms with Crippen LogP contribution in [-0.4, -0.2) is 54.5 Å². The summed E-state index contributed by atoms with van der Waals surface area (Å²) >= 11 is 6.10. The Morgan fingerprint density at radius 3 is 2.77 bits per heavy atom. The van der Waals surface area contributed by atoms with Gasteiger partial charge in [0.05, 0.1) is 13.7 Å². The third-order valence-corrected chi connectivity index (χ3v) is 6.54. The van der Waals surface area contributed by atoms with Crippen LogP contribution >= 0.6 is 11.6 Å². The maximum atomic E-state index is 14.0. The van der Waals surface area contributed by atoms with E-state index < -0.39 is 0 Å². The number of ether oxygens (including phenoxy) is 1. The van der Waals surface area contributed by atoms with Gasteiger partial charge in [-0.3, -0.25) is 9.69 Å². The average molecular weight is 444 g/mol. The quantitative estimate of drug-likeness (QED) is 0.595. The molecule has 1 N–H and O–H groups in total. The van der Waals surface area contributed by atoms with Gasteiger partial charge in [0, 0.05) is 41.3 Å². The molecule has 4 rings (SSSR count). The van der Waals surface area contributed by atoms with Crippen molar-refractivity contribution >= 4 is 28.4 Å². The van der Waals surface area contributed by atoms with E-state index in [-0.39, 0.29) is 18.3 Å². The minimum absolute atomic E-state index is 0.0328. The summed E-state index contributed by atoms with van der Waals surface area (Å²) in [6, 6.07) is 10.7. The van der Waals surface area contributed by atoms with Crippen LogP contribution < -0.4 is 4.74 Å². The number of carbonyl (C=O) groups is 1. The van der Waals surface area contributed by atoms with E-state index in [1.807, 2.05) is 12.1 Å². The third-order valence-electron chi connectivity index (χ3n) is 6.19. The highest BCUT2D eigenvalue weighted by atomic mass is 35.5. The van der Waals surface area contributed by atoms with Gasteiger partial charge in [0.1, 0.15) is 11.6 Å². The zero-order valence-electron chi connectivity index (χ0n) is 17.8. The molecule has 1 saturated heterocycles. The molecule has 7 heteroatoms. The number of hydrogen-bond donors (Lipinski definition) is 1. The lowest BCUT2D eigenvalue weighted by Gasteiger charge is -2.32. The van der Waals surface area contributed by atoms with E-state index in [4.69, 9.17) is 16.3 Å². The number of amides is 1. The van der Waals surface area contributed by atoms with Gasteiger partial charge in [0.25, 0.3) is 0 Å². The number of methoxy groups -OCH3 is 1. The summed E-state index contributed by atoms with van der Waals surface area (Å²) in [6.45, 7) is 2.19. The van der Waals surface area contributed by atoms with Crippen LogP contribution in [0.2, 0.25) is 5.02 Å². The highest BCUT2D eigenvalue weighted by molar-refractivity contribution is 6.31. The first-order chi connectivity index (χ1) is 15.0. The van der Waals surface area contributed by atoms with Gasteiger partial charge in [-0.15, -0.1) is 0 Å². The van der Waals surface area contributed by atoms with Gasteiger partial charge in [-0.1, -0.05) is 17.7 Å². The largest absolute Gasteiger partial charge is 0.497 e. The average Bonchev–Trinajstić information content (AvgIpc) is 3.20. The van der Waals surface area contributed by atoms with Gasteiger partial charge in [-0.25, -0.2) is 4.39 Å². The predicted molar refractivity (Wildman–Crippen MR) is 121 cm³/mol. The molecule has 5 nitrogen and oxygen atoms in total. The van der Waals surface area contributed by atoms with Crippen molar-refractivity contribution in [2.75, 3.05) is 33.8 Å². The molecule has 0 atom stereocenters. The predicted octanol–water partition coefficient (Wildman–Crippen LogP) is 4.81. The van der Waals surface area contributed by atoms with E-state index in [0.717, 1.165) is 37.2 Å². The van der Waals surface area contributed by atoms with E-state index in [1.165, 1.54) is 17.0 Å². The first-order valence-corrected chi connectivity index (χ1v) is 10.9. The number of halogens is 2. The number of likely N-dealkylation sites (N-methyl/N-ethyl adjacent to an activating group) is 1. The normalized spacial score (nSPS) is 15.4. The van der Waals surface area contributed by atoms with Crippen molar-refractivity contribution in [2.24, 2.45) is 0 Å². The summed E-state index contributed by atoms with van der Waals surface area (Å²) in [6.07, 6.45) is 4.07. The number of piperidine rings is 1. The lowest BCUT2D eigenvalue weighted by Crippen LogP contribution is -2.41. The summed E-state index contributed by atoms with van der Waals surface area (Å²) in [5.41, 5.74) is 2.78. The second kappa shape index (κ2) is 9.28. The molecule has 0 spiro atoms. The number of hydrogen-bond acceptors (Lipinski definition) is 3. The second-order valence-corrected chi connectivity index (χ2v) is 8.56. The minimum Gasteiger partial charge on any atom is -0.497 e. The number of fused-ring (bicyclic) bond motifs is 1. The summed E-state index contributed by atoms with van der Waals surface area (Å²) < 4.78 is 19.4. The molecule has 0 saturated carbocycles. The Kier molecular flexibility index (Phi) is 6.49. The lowest BCUT2D eigenvalue weighted by molar-refractivity contribution is -0.131. The molecule has 164 valence electrons. The van der Waals surface area contributed by atoms with Crippen LogP contribution in [0.25, 0.3) is 10.9 Å². The molecule has 2 aromatic carbocycles. The number of carbonyl (C=O) groups excluding carboxylic acids is 1. The molecule has 1 aliphatic rings. The van der Waals surface area contributed by atoms with Crippen molar-refractivity contribution < 1.29 is 13.9 Å². The van der Waals surface area contributed by atoms with Crippen molar-refractivity contribution in [3.05, 3.63) is 64.6 Å². The fourth-order valence-electron chi connectivity index (χ4n) is 4.31. The summed E-state index contributed by atoms with van der Waals surface area (Å²) in [5, 5.41) is 1.55. The molecule has 1 amide bonds. The van der Waals surface area contributed by atoms with Crippen molar-refractivity contribution in [2.45, 2.75) is 25.3 Å². The number of H-pyrrole nitrogens is 1. The molecule has 0 unspecified atom stereocenters. The number of benzene rings is 2. The van der Waals surface area contributed by atoms with Crippen molar-refractivity contribution in [3.8, 4) is 5.75 Å². The zero-order valence-corrected chi connectivity index (χ0v) is 18.6. The van der Waals surface area contributed by atoms with E-state index >= 15 is 0 Å². The summed E-state index contributed by atoms with van der Waals surface area (Å²) in [5.74, 6) is 0.884. The highest BCUT2D eigenvalue weighted by Gasteiger charge is 2.25. The van der Waals surface area contributed by atoms with Crippen LogP contribution in [0.5, 0.6) is 5.75 Å². The Bertz CT molecular complexity index is 1060. The molecular weight excluding hydrogens is 417 g/mol.